The predicted octanol–water partition coefficient (Wildman–Crippen LogP) is 2.62. The number of fused-ring (bicyclic) bond motifs is 5. The Hall–Kier alpha value is -0.530. The molecule has 0 unspecified atom stereocenters. The van der Waals surface area contributed by atoms with Crippen molar-refractivity contribution in [2.75, 3.05) is 13.6 Å². The molecule has 3 saturated heterocycles. The third-order valence-corrected chi connectivity index (χ3v) is 12.2. The third-order valence-electron chi connectivity index (χ3n) is 12.2. The van der Waals surface area contributed by atoms with Crippen LogP contribution in [0, 0.1) is 46.8 Å². The molecule has 3 heterocycles. The monoisotopic (exact) mass is 475 g/mol. The van der Waals surface area contributed by atoms with Gasteiger partial charge in [0.1, 0.15) is 11.4 Å². The maximum atomic E-state index is 13.3. The number of likely N-dealkylation sites (N-methyl/N-ethyl adjacent to an activating group) is 1. The molecule has 6 nitrogen and oxygen atoms in total. The largest absolute Gasteiger partial charge is 0.393 e. The van der Waals surface area contributed by atoms with Crippen LogP contribution in [-0.2, 0) is 9.53 Å². The molecule has 0 aromatic heterocycles. The Morgan fingerprint density at radius 1 is 1.15 bits per heavy atom. The van der Waals surface area contributed by atoms with Crippen molar-refractivity contribution in [3.05, 3.63) is 0 Å². The van der Waals surface area contributed by atoms with Gasteiger partial charge < -0.3 is 25.0 Å². The summed E-state index contributed by atoms with van der Waals surface area (Å²) in [5.74, 6) is 1.70. The van der Waals surface area contributed by atoms with E-state index in [0.29, 0.717) is 30.5 Å². The van der Waals surface area contributed by atoms with E-state index in [4.69, 9.17) is 4.74 Å². The second kappa shape index (κ2) is 7.50. The average Bonchev–Trinajstić information content (AvgIpc) is 3.32. The molecule has 3 aliphatic carbocycles. The Bertz CT molecular complexity index is 850. The summed E-state index contributed by atoms with van der Waals surface area (Å²) in [6.07, 6.45) is 4.64. The normalized spacial score (nSPS) is 60.1. The molecule has 0 radical (unpaired) electrons. The minimum atomic E-state index is -0.982. The summed E-state index contributed by atoms with van der Waals surface area (Å²) in [4.78, 5) is 15.6. The van der Waals surface area contributed by atoms with Crippen molar-refractivity contribution in [1.29, 1.82) is 0 Å². The van der Waals surface area contributed by atoms with E-state index in [1.54, 1.807) is 0 Å². The highest BCUT2D eigenvalue weighted by Crippen LogP contribution is 2.72. The van der Waals surface area contributed by atoms with E-state index in [0.717, 1.165) is 38.6 Å². The summed E-state index contributed by atoms with van der Waals surface area (Å²) in [6.45, 7) is 9.66. The van der Waals surface area contributed by atoms with Crippen molar-refractivity contribution in [3.63, 3.8) is 0 Å². The molecular weight excluding hydrogens is 430 g/mol. The van der Waals surface area contributed by atoms with E-state index in [9.17, 15) is 20.1 Å². The molecule has 3 saturated carbocycles. The third kappa shape index (κ3) is 2.89. The van der Waals surface area contributed by atoms with Gasteiger partial charge in [0.25, 0.3) is 0 Å². The molecule has 6 fully saturated rings. The number of nitrogens with zero attached hydrogens (tertiary/aromatic N) is 1. The molecule has 1 spiro atoms. The first-order valence-corrected chi connectivity index (χ1v) is 13.9. The van der Waals surface area contributed by atoms with Crippen LogP contribution >= 0.6 is 0 Å². The zero-order valence-electron chi connectivity index (χ0n) is 21.6. The lowest BCUT2D eigenvalue weighted by Gasteiger charge is -2.52. The lowest BCUT2D eigenvalue weighted by Crippen LogP contribution is -2.62. The standard InChI is InChI=1S/C28H45NO5/c1-14-8-22(32)25(29(5)13-14)15(2)24-23-11-18-17-10-21(31)19-9-16(30)6-7-26(19,3)20(17)12-28(18,34-23)27(24,4)33/h14-20,22-25,30,32-33H,6-13H2,1-5H3/t14-,15-,16+,17+,18+,19-,20+,22-,23+,24+,25-,26+,27-,28-/m1/s1. The first-order valence-electron chi connectivity index (χ1n) is 13.9. The number of hydrogen-bond acceptors (Lipinski definition) is 6. The van der Waals surface area contributed by atoms with Gasteiger partial charge in [-0.05, 0) is 87.5 Å². The van der Waals surface area contributed by atoms with Crippen LogP contribution in [0.1, 0.15) is 72.6 Å². The number of aliphatic hydroxyl groups excluding tert-OH is 2. The number of carbonyl (C=O) groups excluding carboxylic acids is 1. The summed E-state index contributed by atoms with van der Waals surface area (Å²) in [5.41, 5.74) is -1.68. The molecule has 3 N–H and O–H groups in total. The van der Waals surface area contributed by atoms with Crippen molar-refractivity contribution in [2.45, 2.75) is 108 Å². The molecule has 192 valence electrons. The topological polar surface area (TPSA) is 90.2 Å². The van der Waals surface area contributed by atoms with E-state index >= 15 is 0 Å². The minimum absolute atomic E-state index is 0.00953. The van der Waals surface area contributed by atoms with E-state index in [2.05, 4.69) is 32.7 Å². The smallest absolute Gasteiger partial charge is 0.136 e. The fraction of sp³-hybridized carbons (Fsp3) is 0.964. The number of hydrogen-bond donors (Lipinski definition) is 3. The quantitative estimate of drug-likeness (QED) is 0.569. The molecular formula is C28H45NO5. The van der Waals surface area contributed by atoms with Gasteiger partial charge in [0, 0.05) is 30.8 Å². The highest BCUT2D eigenvalue weighted by atomic mass is 16.5. The van der Waals surface area contributed by atoms with Crippen molar-refractivity contribution in [3.8, 4) is 0 Å². The average molecular weight is 476 g/mol. The van der Waals surface area contributed by atoms with Gasteiger partial charge >= 0.3 is 0 Å². The molecule has 14 atom stereocenters. The van der Waals surface area contributed by atoms with Crippen LogP contribution in [0.25, 0.3) is 0 Å². The molecule has 6 heteroatoms. The van der Waals surface area contributed by atoms with Crippen molar-refractivity contribution < 1.29 is 24.9 Å². The lowest BCUT2D eigenvalue weighted by molar-refractivity contribution is -0.145. The summed E-state index contributed by atoms with van der Waals surface area (Å²) < 4.78 is 6.88. The number of Topliss-reactive ketones (excluding diaryl/α,β-unsaturated/α-hetero) is 1. The van der Waals surface area contributed by atoms with Gasteiger partial charge in [0.05, 0.1) is 23.9 Å². The molecule has 2 bridgehead atoms. The Kier molecular flexibility index (Phi) is 5.26. The van der Waals surface area contributed by atoms with Crippen molar-refractivity contribution in [2.24, 2.45) is 46.8 Å². The van der Waals surface area contributed by atoms with Crippen LogP contribution in [0.2, 0.25) is 0 Å². The highest BCUT2D eigenvalue weighted by molar-refractivity contribution is 5.83. The van der Waals surface area contributed by atoms with Crippen molar-refractivity contribution in [1.82, 2.24) is 4.90 Å². The van der Waals surface area contributed by atoms with Gasteiger partial charge in [0.2, 0.25) is 0 Å². The van der Waals surface area contributed by atoms with E-state index in [1.165, 1.54) is 0 Å². The van der Waals surface area contributed by atoms with E-state index in [1.807, 2.05) is 6.92 Å². The summed E-state index contributed by atoms with van der Waals surface area (Å²) >= 11 is 0. The number of piperidine rings is 1. The van der Waals surface area contributed by atoms with Crippen LogP contribution in [0.5, 0.6) is 0 Å². The van der Waals surface area contributed by atoms with Crippen LogP contribution in [0.4, 0.5) is 0 Å². The van der Waals surface area contributed by atoms with Crippen LogP contribution in [0.15, 0.2) is 0 Å². The van der Waals surface area contributed by atoms with Gasteiger partial charge in [-0.15, -0.1) is 0 Å². The summed E-state index contributed by atoms with van der Waals surface area (Å²) in [5, 5.41) is 33.6. The lowest BCUT2D eigenvalue weighted by atomic mass is 9.51. The number of carbonyl (C=O) groups is 1. The summed E-state index contributed by atoms with van der Waals surface area (Å²) in [7, 11) is 2.11. The number of ether oxygens (including phenoxy) is 1. The molecule has 34 heavy (non-hydrogen) atoms. The molecule has 6 rings (SSSR count). The van der Waals surface area contributed by atoms with Crippen molar-refractivity contribution >= 4 is 5.78 Å². The van der Waals surface area contributed by atoms with Gasteiger partial charge in [-0.2, -0.15) is 0 Å². The zero-order chi connectivity index (χ0) is 24.4. The fourth-order valence-electron chi connectivity index (χ4n) is 10.9. The van der Waals surface area contributed by atoms with E-state index in [-0.39, 0.29) is 59.4 Å². The molecule has 6 aliphatic rings. The van der Waals surface area contributed by atoms with Gasteiger partial charge in [-0.1, -0.05) is 20.8 Å². The fourth-order valence-corrected chi connectivity index (χ4v) is 10.9. The second-order valence-electron chi connectivity index (χ2n) is 13.9. The second-order valence-corrected chi connectivity index (χ2v) is 13.9. The molecule has 0 aromatic carbocycles. The molecule has 0 amide bonds. The minimum Gasteiger partial charge on any atom is -0.393 e. The Morgan fingerprint density at radius 2 is 1.88 bits per heavy atom. The van der Waals surface area contributed by atoms with Gasteiger partial charge in [-0.3, -0.25) is 4.79 Å². The highest BCUT2D eigenvalue weighted by Gasteiger charge is 2.78. The Labute approximate surface area is 204 Å². The Balaban J connectivity index is 1.31. The number of rotatable bonds is 2. The van der Waals surface area contributed by atoms with Gasteiger partial charge in [0.15, 0.2) is 0 Å². The maximum absolute atomic E-state index is 13.3. The zero-order valence-corrected chi connectivity index (χ0v) is 21.6. The Morgan fingerprint density at radius 3 is 2.59 bits per heavy atom. The summed E-state index contributed by atoms with van der Waals surface area (Å²) in [6, 6.07) is 0.0254. The predicted molar refractivity (Wildman–Crippen MR) is 128 cm³/mol. The van der Waals surface area contributed by atoms with E-state index < -0.39 is 11.2 Å². The van der Waals surface area contributed by atoms with Gasteiger partial charge in [-0.25, -0.2) is 0 Å². The van der Waals surface area contributed by atoms with Crippen LogP contribution < -0.4 is 0 Å². The number of ketones is 1. The molecule has 3 aliphatic heterocycles. The number of aliphatic hydroxyl groups is 3. The first-order chi connectivity index (χ1) is 15.9. The first kappa shape index (κ1) is 23.8. The maximum Gasteiger partial charge on any atom is 0.136 e. The number of likely N-dealkylation sites (tertiary alicyclic amines) is 1. The van der Waals surface area contributed by atoms with Crippen LogP contribution in [-0.4, -0.2) is 75.2 Å². The van der Waals surface area contributed by atoms with Crippen LogP contribution in [0.3, 0.4) is 0 Å². The SMILES string of the molecule is C[C@@H]1C[C@@H](O)[C@@H]([C@H](C)[C@H]2[C@@H]3C[C@H]4[C@@H]5CC(=O)[C@H]6C[C@@H](O)CC[C@]6(C)[C@H]5C[C@]4(O3)[C@]2(C)O)N(C)C1. The molecule has 0 aromatic rings.